The maximum atomic E-state index is 11.6. The minimum atomic E-state index is -0.435. The molecule has 0 aliphatic carbocycles. The van der Waals surface area contributed by atoms with Crippen molar-refractivity contribution >= 4 is 29.7 Å². The summed E-state index contributed by atoms with van der Waals surface area (Å²) in [5.41, 5.74) is 1.97. The van der Waals surface area contributed by atoms with Gasteiger partial charge in [0.2, 0.25) is 5.91 Å². The van der Waals surface area contributed by atoms with Gasteiger partial charge in [-0.05, 0) is 23.8 Å². The number of esters is 1. The summed E-state index contributed by atoms with van der Waals surface area (Å²) in [6.45, 7) is 0. The molecule has 0 spiro atoms. The van der Waals surface area contributed by atoms with Gasteiger partial charge in [-0.1, -0.05) is 12.1 Å². The van der Waals surface area contributed by atoms with Crippen LogP contribution in [0.4, 0.5) is 0 Å². The Hall–Kier alpha value is -2.76. The van der Waals surface area contributed by atoms with Crippen molar-refractivity contribution < 1.29 is 14.3 Å². The van der Waals surface area contributed by atoms with Gasteiger partial charge in [-0.3, -0.25) is 4.79 Å². The van der Waals surface area contributed by atoms with E-state index in [4.69, 9.17) is 0 Å². The van der Waals surface area contributed by atoms with E-state index in [0.29, 0.717) is 17.1 Å². The van der Waals surface area contributed by atoms with Gasteiger partial charge >= 0.3 is 5.97 Å². The van der Waals surface area contributed by atoms with Crippen molar-refractivity contribution in [1.29, 1.82) is 0 Å². The Kier molecular flexibility index (Phi) is 2.90. The van der Waals surface area contributed by atoms with Crippen molar-refractivity contribution in [2.24, 2.45) is 15.9 Å². The van der Waals surface area contributed by atoms with Crippen molar-refractivity contribution in [3.05, 3.63) is 41.5 Å². The number of ether oxygens (including phenoxy) is 1. The highest BCUT2D eigenvalue weighted by Crippen LogP contribution is 2.27. The summed E-state index contributed by atoms with van der Waals surface area (Å²) >= 11 is 0. The van der Waals surface area contributed by atoms with E-state index >= 15 is 0 Å². The molecule has 2 heterocycles. The fraction of sp³-hybridized carbons (Fsp3) is 0.143. The predicted octanol–water partition coefficient (Wildman–Crippen LogP) is 1.00. The molecule has 2 aliphatic rings. The highest BCUT2D eigenvalue weighted by molar-refractivity contribution is 6.17. The third kappa shape index (κ3) is 2.01. The number of aliphatic imine (C=N–C) groups is 2. The van der Waals surface area contributed by atoms with Gasteiger partial charge in [-0.2, -0.15) is 0 Å². The molecule has 0 radical (unpaired) electrons. The second kappa shape index (κ2) is 4.73. The highest BCUT2D eigenvalue weighted by atomic mass is 16.5. The number of benzene rings is 1. The van der Waals surface area contributed by atoms with Crippen LogP contribution in [0.25, 0.3) is 5.70 Å². The molecular formula is C14H11N3O3. The first-order valence-electron chi connectivity index (χ1n) is 6.01. The van der Waals surface area contributed by atoms with Gasteiger partial charge in [-0.15, -0.1) is 0 Å². The average molecular weight is 269 g/mol. The van der Waals surface area contributed by atoms with Crippen LogP contribution in [0.2, 0.25) is 0 Å². The molecule has 1 aromatic rings. The Morgan fingerprint density at radius 3 is 2.70 bits per heavy atom. The van der Waals surface area contributed by atoms with Crippen molar-refractivity contribution in [2.45, 2.75) is 0 Å². The second-order valence-electron chi connectivity index (χ2n) is 4.34. The Labute approximate surface area is 114 Å². The molecule has 1 N–H and O–H groups in total. The minimum absolute atomic E-state index is 0.139. The fourth-order valence-corrected chi connectivity index (χ4v) is 2.07. The molecular weight excluding hydrogens is 258 g/mol. The Bertz CT molecular complexity index is 671. The molecule has 2 aliphatic heterocycles. The molecule has 6 nitrogen and oxygen atoms in total. The average Bonchev–Trinajstić information content (AvgIpc) is 2.92. The maximum absolute atomic E-state index is 11.6. The molecule has 0 saturated carbocycles. The topological polar surface area (TPSA) is 80.1 Å². The molecule has 0 aromatic heterocycles. The zero-order valence-corrected chi connectivity index (χ0v) is 10.7. The Morgan fingerprint density at radius 2 is 2.05 bits per heavy atom. The Balaban J connectivity index is 1.90. The van der Waals surface area contributed by atoms with Crippen LogP contribution in [0.1, 0.15) is 15.9 Å². The minimum Gasteiger partial charge on any atom is -0.465 e. The molecule has 6 heteroatoms. The normalized spacial score (nSPS) is 19.9. The van der Waals surface area contributed by atoms with E-state index in [1.165, 1.54) is 13.4 Å². The van der Waals surface area contributed by atoms with Crippen molar-refractivity contribution in [2.75, 3.05) is 7.11 Å². The van der Waals surface area contributed by atoms with Crippen LogP contribution in [0.15, 0.2) is 40.3 Å². The van der Waals surface area contributed by atoms with Gasteiger partial charge in [0.15, 0.2) is 0 Å². The summed E-state index contributed by atoms with van der Waals surface area (Å²) in [7, 11) is 1.34. The van der Waals surface area contributed by atoms with Crippen LogP contribution < -0.4 is 5.32 Å². The summed E-state index contributed by atoms with van der Waals surface area (Å²) in [5.74, 6) is -0.475. The number of carbonyl (C=O) groups is 2. The number of nitrogens with zero attached hydrogens (tertiary/aromatic N) is 2. The number of carbonyl (C=O) groups excluding carboxylic acids is 2. The molecule has 3 rings (SSSR count). The summed E-state index contributed by atoms with van der Waals surface area (Å²) in [6.07, 6.45) is 3.10. The Morgan fingerprint density at radius 1 is 1.30 bits per heavy atom. The monoisotopic (exact) mass is 269 g/mol. The second-order valence-corrected chi connectivity index (χ2v) is 4.34. The third-order valence-corrected chi connectivity index (χ3v) is 3.13. The van der Waals surface area contributed by atoms with Crippen LogP contribution in [-0.2, 0) is 9.53 Å². The molecule has 1 aromatic carbocycles. The SMILES string of the molecule is COC(=O)c1ccc(C2=CC3C(=O)NC=NC3=N2)cc1. The number of hydrogen-bond acceptors (Lipinski definition) is 5. The highest BCUT2D eigenvalue weighted by Gasteiger charge is 2.30. The molecule has 1 amide bonds. The van der Waals surface area contributed by atoms with Gasteiger partial charge in [0.1, 0.15) is 11.8 Å². The van der Waals surface area contributed by atoms with Gasteiger partial charge < -0.3 is 10.1 Å². The van der Waals surface area contributed by atoms with E-state index < -0.39 is 5.92 Å². The summed E-state index contributed by atoms with van der Waals surface area (Å²) < 4.78 is 4.64. The van der Waals surface area contributed by atoms with Gasteiger partial charge in [0, 0.05) is 0 Å². The predicted molar refractivity (Wildman–Crippen MR) is 73.3 cm³/mol. The maximum Gasteiger partial charge on any atom is 0.337 e. The number of amidine groups is 1. The van der Waals surface area contributed by atoms with E-state index in [-0.39, 0.29) is 11.9 Å². The van der Waals surface area contributed by atoms with Crippen molar-refractivity contribution in [1.82, 2.24) is 5.32 Å². The quantitative estimate of drug-likeness (QED) is 0.813. The van der Waals surface area contributed by atoms with E-state index in [9.17, 15) is 9.59 Å². The van der Waals surface area contributed by atoms with Crippen molar-refractivity contribution in [3.8, 4) is 0 Å². The first-order chi connectivity index (χ1) is 9.69. The lowest BCUT2D eigenvalue weighted by Crippen LogP contribution is -2.36. The third-order valence-electron chi connectivity index (χ3n) is 3.13. The van der Waals surface area contributed by atoms with Crippen LogP contribution in [-0.4, -0.2) is 31.2 Å². The molecule has 0 bridgehead atoms. The zero-order valence-electron chi connectivity index (χ0n) is 10.7. The molecule has 0 fully saturated rings. The van der Waals surface area contributed by atoms with E-state index in [1.54, 1.807) is 30.3 Å². The number of amides is 1. The van der Waals surface area contributed by atoms with Crippen LogP contribution in [0.3, 0.4) is 0 Å². The number of fused-ring (bicyclic) bond motifs is 1. The lowest BCUT2D eigenvalue weighted by Gasteiger charge is -2.10. The smallest absolute Gasteiger partial charge is 0.337 e. The summed E-state index contributed by atoms with van der Waals surface area (Å²) in [5, 5.41) is 2.54. The largest absolute Gasteiger partial charge is 0.465 e. The standard InChI is InChI=1S/C14H11N3O3/c1-20-14(19)9-4-2-8(3-5-9)11-6-10-12(17-11)15-7-16-13(10)18/h2-7,10H,1H3,(H,15,16,17,18). The van der Waals surface area contributed by atoms with E-state index in [1.807, 2.05) is 0 Å². The number of rotatable bonds is 2. The first kappa shape index (κ1) is 12.3. The molecule has 20 heavy (non-hydrogen) atoms. The number of methoxy groups -OCH3 is 1. The molecule has 1 atom stereocenters. The summed E-state index contributed by atoms with van der Waals surface area (Å²) in [6, 6.07) is 6.85. The number of hydrogen-bond donors (Lipinski definition) is 1. The first-order valence-corrected chi connectivity index (χ1v) is 6.01. The summed E-state index contributed by atoms with van der Waals surface area (Å²) in [4.78, 5) is 31.4. The van der Waals surface area contributed by atoms with E-state index in [0.717, 1.165) is 5.56 Å². The van der Waals surface area contributed by atoms with Gasteiger partial charge in [0.25, 0.3) is 0 Å². The van der Waals surface area contributed by atoms with Gasteiger partial charge in [0.05, 0.1) is 24.7 Å². The lowest BCUT2D eigenvalue weighted by atomic mass is 10.0. The number of nitrogens with one attached hydrogen (secondary N) is 1. The van der Waals surface area contributed by atoms with Crippen LogP contribution in [0, 0.1) is 5.92 Å². The van der Waals surface area contributed by atoms with Crippen LogP contribution in [0.5, 0.6) is 0 Å². The molecule has 1 unspecified atom stereocenters. The lowest BCUT2D eigenvalue weighted by molar-refractivity contribution is -0.120. The van der Waals surface area contributed by atoms with E-state index in [2.05, 4.69) is 20.0 Å². The molecule has 100 valence electrons. The zero-order chi connectivity index (χ0) is 14.1. The van der Waals surface area contributed by atoms with Crippen LogP contribution >= 0.6 is 0 Å². The van der Waals surface area contributed by atoms with Crippen molar-refractivity contribution in [3.63, 3.8) is 0 Å². The fourth-order valence-electron chi connectivity index (χ4n) is 2.07. The van der Waals surface area contributed by atoms with Gasteiger partial charge in [-0.25, -0.2) is 14.8 Å². The molecule has 0 saturated heterocycles.